The first-order valence-electron chi connectivity index (χ1n) is 7.68. The van der Waals surface area contributed by atoms with Crippen LogP contribution in [0.2, 0.25) is 0 Å². The third-order valence-electron chi connectivity index (χ3n) is 3.80. The molecule has 23 heavy (non-hydrogen) atoms. The Hall–Kier alpha value is -2.41. The minimum absolute atomic E-state index is 0.0136. The lowest BCUT2D eigenvalue weighted by Gasteiger charge is -2.32. The summed E-state index contributed by atoms with van der Waals surface area (Å²) in [7, 11) is 0. The maximum Gasteiger partial charge on any atom is 0.274 e. The summed E-state index contributed by atoms with van der Waals surface area (Å²) in [5, 5.41) is 7.64. The summed E-state index contributed by atoms with van der Waals surface area (Å²) in [5.41, 5.74) is 2.33. The Balaban J connectivity index is 1.57. The predicted molar refractivity (Wildman–Crippen MR) is 82.8 cm³/mol. The molecule has 1 atom stereocenters. The van der Waals surface area contributed by atoms with Crippen LogP contribution in [0.1, 0.15) is 28.3 Å². The first kappa shape index (κ1) is 15.5. The van der Waals surface area contributed by atoms with E-state index in [0.717, 1.165) is 24.2 Å². The van der Waals surface area contributed by atoms with Crippen molar-refractivity contribution in [3.8, 4) is 0 Å². The van der Waals surface area contributed by atoms with Crippen LogP contribution in [-0.4, -0.2) is 56.8 Å². The Morgan fingerprint density at radius 3 is 3.13 bits per heavy atom. The Labute approximate surface area is 134 Å². The number of nitrogens with zero attached hydrogens (tertiary/aromatic N) is 5. The average Bonchev–Trinajstić information content (AvgIpc) is 2.60. The van der Waals surface area contributed by atoms with Gasteiger partial charge in [-0.05, 0) is 38.0 Å². The third-order valence-corrected chi connectivity index (χ3v) is 3.80. The molecule has 0 saturated carbocycles. The van der Waals surface area contributed by atoms with Crippen molar-refractivity contribution < 1.29 is 9.53 Å². The number of carbonyl (C=O) groups is 1. The van der Waals surface area contributed by atoms with Gasteiger partial charge < -0.3 is 9.64 Å². The van der Waals surface area contributed by atoms with Gasteiger partial charge in [-0.1, -0.05) is 0 Å². The van der Waals surface area contributed by atoms with Crippen molar-refractivity contribution in [2.75, 3.05) is 19.7 Å². The lowest BCUT2D eigenvalue weighted by Crippen LogP contribution is -2.46. The van der Waals surface area contributed by atoms with Crippen molar-refractivity contribution >= 4 is 5.91 Å². The van der Waals surface area contributed by atoms with Crippen molar-refractivity contribution in [1.29, 1.82) is 0 Å². The molecule has 0 radical (unpaired) electrons. The smallest absolute Gasteiger partial charge is 0.274 e. The van der Waals surface area contributed by atoms with E-state index in [-0.39, 0.29) is 12.0 Å². The number of amides is 1. The van der Waals surface area contributed by atoms with Gasteiger partial charge in [-0.3, -0.25) is 4.79 Å². The van der Waals surface area contributed by atoms with Crippen molar-refractivity contribution in [2.24, 2.45) is 0 Å². The summed E-state index contributed by atoms with van der Waals surface area (Å²) in [4.78, 5) is 22.5. The number of aromatic nitrogens is 4. The van der Waals surface area contributed by atoms with Gasteiger partial charge in [0.1, 0.15) is 6.33 Å². The van der Waals surface area contributed by atoms with Gasteiger partial charge in [0.25, 0.3) is 5.91 Å². The van der Waals surface area contributed by atoms with E-state index in [4.69, 9.17) is 4.74 Å². The van der Waals surface area contributed by atoms with E-state index in [2.05, 4.69) is 20.2 Å². The van der Waals surface area contributed by atoms with E-state index in [1.54, 1.807) is 29.6 Å². The number of hydrogen-bond donors (Lipinski definition) is 0. The Morgan fingerprint density at radius 2 is 2.35 bits per heavy atom. The van der Waals surface area contributed by atoms with Crippen LogP contribution >= 0.6 is 0 Å². The first-order chi connectivity index (χ1) is 11.2. The lowest BCUT2D eigenvalue weighted by molar-refractivity contribution is -0.0249. The summed E-state index contributed by atoms with van der Waals surface area (Å²) in [6.07, 6.45) is 4.78. The van der Waals surface area contributed by atoms with Crippen LogP contribution in [0.5, 0.6) is 0 Å². The number of hydrogen-bond acceptors (Lipinski definition) is 6. The molecule has 7 heteroatoms. The van der Waals surface area contributed by atoms with Crippen LogP contribution in [0.4, 0.5) is 0 Å². The van der Waals surface area contributed by atoms with Crippen LogP contribution < -0.4 is 0 Å². The van der Waals surface area contributed by atoms with Crippen molar-refractivity contribution in [3.63, 3.8) is 0 Å². The Bertz CT molecular complexity index is 665. The zero-order valence-electron chi connectivity index (χ0n) is 13.1. The topological polar surface area (TPSA) is 81.1 Å². The van der Waals surface area contributed by atoms with E-state index >= 15 is 0 Å². The van der Waals surface area contributed by atoms with E-state index in [1.807, 2.05) is 13.0 Å². The van der Waals surface area contributed by atoms with Crippen LogP contribution in [-0.2, 0) is 11.2 Å². The van der Waals surface area contributed by atoms with Crippen LogP contribution in [0.3, 0.4) is 0 Å². The van der Waals surface area contributed by atoms with Gasteiger partial charge in [0.05, 0.1) is 12.7 Å². The SMILES string of the molecule is Cc1cc(CC[C@H]2CN(C(=O)c3cccnn3)CCO2)ncn1. The van der Waals surface area contributed by atoms with Crippen molar-refractivity contribution in [1.82, 2.24) is 25.1 Å². The maximum atomic E-state index is 12.4. The second-order valence-corrected chi connectivity index (χ2v) is 5.54. The monoisotopic (exact) mass is 313 g/mol. The summed E-state index contributed by atoms with van der Waals surface area (Å²) in [6.45, 7) is 3.64. The fourth-order valence-electron chi connectivity index (χ4n) is 2.61. The number of aryl methyl sites for hydroxylation is 2. The van der Waals surface area contributed by atoms with Crippen molar-refractivity contribution in [3.05, 3.63) is 47.8 Å². The van der Waals surface area contributed by atoms with Gasteiger partial charge in [0, 0.05) is 30.7 Å². The molecule has 7 nitrogen and oxygen atoms in total. The third kappa shape index (κ3) is 4.07. The molecule has 120 valence electrons. The zero-order chi connectivity index (χ0) is 16.1. The van der Waals surface area contributed by atoms with Crippen molar-refractivity contribution in [2.45, 2.75) is 25.9 Å². The number of morpholine rings is 1. The van der Waals surface area contributed by atoms with Gasteiger partial charge in [-0.25, -0.2) is 9.97 Å². The summed E-state index contributed by atoms with van der Waals surface area (Å²) in [6, 6.07) is 5.38. The van der Waals surface area contributed by atoms with Crippen LogP contribution in [0, 0.1) is 6.92 Å². The van der Waals surface area contributed by atoms with Gasteiger partial charge in [-0.15, -0.1) is 5.10 Å². The second kappa shape index (κ2) is 7.23. The highest BCUT2D eigenvalue weighted by Gasteiger charge is 2.25. The molecule has 0 unspecified atom stereocenters. The summed E-state index contributed by atoms with van der Waals surface area (Å²) >= 11 is 0. The fraction of sp³-hybridized carbons (Fsp3) is 0.438. The molecule has 1 aliphatic heterocycles. The molecule has 1 aliphatic rings. The molecule has 0 bridgehead atoms. The van der Waals surface area contributed by atoms with E-state index < -0.39 is 0 Å². The minimum atomic E-state index is -0.0933. The molecule has 0 spiro atoms. The van der Waals surface area contributed by atoms with Crippen LogP contribution in [0.25, 0.3) is 0 Å². The van der Waals surface area contributed by atoms with E-state index in [1.165, 1.54) is 0 Å². The molecule has 3 rings (SSSR count). The number of carbonyl (C=O) groups excluding carboxylic acids is 1. The highest BCUT2D eigenvalue weighted by molar-refractivity contribution is 5.92. The lowest BCUT2D eigenvalue weighted by atomic mass is 10.1. The fourth-order valence-corrected chi connectivity index (χ4v) is 2.61. The van der Waals surface area contributed by atoms with E-state index in [0.29, 0.717) is 25.4 Å². The van der Waals surface area contributed by atoms with Crippen LogP contribution in [0.15, 0.2) is 30.7 Å². The highest BCUT2D eigenvalue weighted by atomic mass is 16.5. The summed E-state index contributed by atoms with van der Waals surface area (Å²) in [5.74, 6) is -0.0933. The quantitative estimate of drug-likeness (QED) is 0.839. The van der Waals surface area contributed by atoms with Gasteiger partial charge in [-0.2, -0.15) is 5.10 Å². The molecule has 0 aliphatic carbocycles. The zero-order valence-corrected chi connectivity index (χ0v) is 13.1. The molecular weight excluding hydrogens is 294 g/mol. The largest absolute Gasteiger partial charge is 0.375 e. The average molecular weight is 313 g/mol. The second-order valence-electron chi connectivity index (χ2n) is 5.54. The molecule has 0 N–H and O–H groups in total. The van der Waals surface area contributed by atoms with Gasteiger partial charge >= 0.3 is 0 Å². The standard InChI is InChI=1S/C16H19N5O2/c1-12-9-13(18-11-17-12)4-5-14-10-21(7-8-23-14)16(22)15-3-2-6-19-20-15/h2-3,6,9,11,14H,4-5,7-8,10H2,1H3/t14-/m0/s1. The van der Waals surface area contributed by atoms with Gasteiger partial charge in [0.2, 0.25) is 0 Å². The minimum Gasteiger partial charge on any atom is -0.375 e. The molecule has 2 aromatic rings. The Morgan fingerprint density at radius 1 is 1.43 bits per heavy atom. The predicted octanol–water partition coefficient (Wildman–Crippen LogP) is 1.05. The number of rotatable bonds is 4. The molecular formula is C16H19N5O2. The molecule has 2 aromatic heterocycles. The van der Waals surface area contributed by atoms with E-state index in [9.17, 15) is 4.79 Å². The first-order valence-corrected chi connectivity index (χ1v) is 7.68. The molecule has 1 fully saturated rings. The molecule has 0 aromatic carbocycles. The maximum absolute atomic E-state index is 12.4. The highest BCUT2D eigenvalue weighted by Crippen LogP contribution is 2.13. The van der Waals surface area contributed by atoms with Gasteiger partial charge in [0.15, 0.2) is 5.69 Å². The molecule has 1 saturated heterocycles. The Kier molecular flexibility index (Phi) is 4.87. The summed E-state index contributed by atoms with van der Waals surface area (Å²) < 4.78 is 5.77. The normalized spacial score (nSPS) is 18.0. The molecule has 1 amide bonds. The number of ether oxygens (including phenoxy) is 1. The molecule has 3 heterocycles.